The molecule has 2 heterocycles. The van der Waals surface area contributed by atoms with E-state index in [1.54, 1.807) is 13.1 Å². The highest BCUT2D eigenvalue weighted by atomic mass is 16.5. The maximum absolute atomic E-state index is 11.8. The van der Waals surface area contributed by atoms with E-state index in [0.717, 1.165) is 19.4 Å². The monoisotopic (exact) mass is 260 g/mol. The van der Waals surface area contributed by atoms with Gasteiger partial charge in [-0.15, -0.1) is 0 Å². The minimum absolute atomic E-state index is 0.151. The number of nitriles is 1. The van der Waals surface area contributed by atoms with Gasteiger partial charge in [0, 0.05) is 25.5 Å². The molecule has 1 aromatic heterocycles. The number of carbonyl (C=O) groups excluding carboxylic acids is 1. The molecule has 0 bridgehead atoms. The normalized spacial score (nSPS) is 18.7. The molecule has 1 atom stereocenters. The van der Waals surface area contributed by atoms with Gasteiger partial charge >= 0.3 is 5.97 Å². The Hall–Kier alpha value is -2.16. The van der Waals surface area contributed by atoms with Crippen LogP contribution in [0.15, 0.2) is 12.4 Å². The predicted molar refractivity (Wildman–Crippen MR) is 68.3 cm³/mol. The highest BCUT2D eigenvalue weighted by Crippen LogP contribution is 2.23. The molecule has 1 saturated heterocycles. The van der Waals surface area contributed by atoms with Crippen molar-refractivity contribution in [2.75, 3.05) is 24.6 Å². The van der Waals surface area contributed by atoms with Gasteiger partial charge in [-0.3, -0.25) is 4.79 Å². The number of anilines is 1. The van der Waals surface area contributed by atoms with Gasteiger partial charge in [-0.25, -0.2) is 9.97 Å². The van der Waals surface area contributed by atoms with E-state index < -0.39 is 0 Å². The minimum Gasteiger partial charge on any atom is -0.466 e. The molecule has 0 radical (unpaired) electrons. The smallest absolute Gasteiger partial charge is 0.310 e. The molecule has 0 saturated carbocycles. The number of hydrogen-bond donors (Lipinski definition) is 0. The molecule has 1 aliphatic rings. The van der Waals surface area contributed by atoms with Gasteiger partial charge in [-0.2, -0.15) is 5.26 Å². The molecule has 1 aliphatic heterocycles. The van der Waals surface area contributed by atoms with Gasteiger partial charge in [0.1, 0.15) is 6.07 Å². The third kappa shape index (κ3) is 2.99. The lowest BCUT2D eigenvalue weighted by molar-refractivity contribution is -0.148. The SMILES string of the molecule is CCOC(=O)C1CCCN(c2nccnc2C#N)C1. The van der Waals surface area contributed by atoms with Crippen molar-refractivity contribution in [3.05, 3.63) is 18.1 Å². The van der Waals surface area contributed by atoms with E-state index in [-0.39, 0.29) is 11.9 Å². The topological polar surface area (TPSA) is 79.1 Å². The average molecular weight is 260 g/mol. The number of nitrogens with zero attached hydrogens (tertiary/aromatic N) is 4. The van der Waals surface area contributed by atoms with Crippen molar-refractivity contribution in [3.63, 3.8) is 0 Å². The molecule has 100 valence electrons. The molecule has 1 aromatic rings. The predicted octanol–water partition coefficient (Wildman–Crippen LogP) is 1.13. The van der Waals surface area contributed by atoms with Gasteiger partial charge in [0.25, 0.3) is 0 Å². The lowest BCUT2D eigenvalue weighted by atomic mass is 9.98. The highest BCUT2D eigenvalue weighted by Gasteiger charge is 2.28. The number of piperidine rings is 1. The van der Waals surface area contributed by atoms with E-state index >= 15 is 0 Å². The third-order valence-corrected chi connectivity index (χ3v) is 3.13. The van der Waals surface area contributed by atoms with Crippen molar-refractivity contribution in [2.45, 2.75) is 19.8 Å². The first-order valence-electron chi connectivity index (χ1n) is 6.39. The fraction of sp³-hybridized carbons (Fsp3) is 0.538. The number of hydrogen-bond acceptors (Lipinski definition) is 6. The Morgan fingerprint density at radius 3 is 3.11 bits per heavy atom. The summed E-state index contributed by atoms with van der Waals surface area (Å²) in [6.45, 7) is 3.51. The van der Waals surface area contributed by atoms with Gasteiger partial charge in [-0.05, 0) is 19.8 Å². The average Bonchev–Trinajstić information content (AvgIpc) is 2.47. The Balaban J connectivity index is 2.13. The van der Waals surface area contributed by atoms with Crippen LogP contribution in [0.2, 0.25) is 0 Å². The lowest BCUT2D eigenvalue weighted by Gasteiger charge is -2.32. The third-order valence-electron chi connectivity index (χ3n) is 3.13. The summed E-state index contributed by atoms with van der Waals surface area (Å²) in [5.41, 5.74) is 0.298. The summed E-state index contributed by atoms with van der Waals surface area (Å²) >= 11 is 0. The van der Waals surface area contributed by atoms with Gasteiger partial charge < -0.3 is 9.64 Å². The molecule has 6 heteroatoms. The van der Waals surface area contributed by atoms with Crippen LogP contribution >= 0.6 is 0 Å². The first kappa shape index (κ1) is 13.3. The number of aromatic nitrogens is 2. The quantitative estimate of drug-likeness (QED) is 0.758. The summed E-state index contributed by atoms with van der Waals surface area (Å²) < 4.78 is 5.06. The van der Waals surface area contributed by atoms with Gasteiger partial charge in [0.05, 0.1) is 12.5 Å². The maximum atomic E-state index is 11.8. The van der Waals surface area contributed by atoms with Crippen molar-refractivity contribution in [1.29, 1.82) is 5.26 Å². The second kappa shape index (κ2) is 6.14. The maximum Gasteiger partial charge on any atom is 0.310 e. The van der Waals surface area contributed by atoms with Crippen LogP contribution in [0.3, 0.4) is 0 Å². The fourth-order valence-corrected chi connectivity index (χ4v) is 2.26. The van der Waals surface area contributed by atoms with E-state index in [1.165, 1.54) is 6.20 Å². The fourth-order valence-electron chi connectivity index (χ4n) is 2.26. The Morgan fingerprint density at radius 2 is 2.37 bits per heavy atom. The second-order valence-electron chi connectivity index (χ2n) is 4.38. The first-order chi connectivity index (χ1) is 9.26. The first-order valence-corrected chi connectivity index (χ1v) is 6.39. The zero-order valence-electron chi connectivity index (χ0n) is 10.9. The molecule has 0 aliphatic carbocycles. The molecular formula is C13H16N4O2. The van der Waals surface area contributed by atoms with Crippen molar-refractivity contribution in [2.24, 2.45) is 5.92 Å². The molecule has 6 nitrogen and oxygen atoms in total. The number of carbonyl (C=O) groups is 1. The Bertz CT molecular complexity index is 498. The number of ether oxygens (including phenoxy) is 1. The van der Waals surface area contributed by atoms with Crippen LogP contribution in [0.5, 0.6) is 0 Å². The second-order valence-corrected chi connectivity index (χ2v) is 4.38. The van der Waals surface area contributed by atoms with Crippen LogP contribution in [0.1, 0.15) is 25.5 Å². The van der Waals surface area contributed by atoms with E-state index in [2.05, 4.69) is 9.97 Å². The van der Waals surface area contributed by atoms with Crippen molar-refractivity contribution in [3.8, 4) is 6.07 Å². The van der Waals surface area contributed by atoms with Crippen LogP contribution in [0.4, 0.5) is 5.82 Å². The Labute approximate surface area is 112 Å². The summed E-state index contributed by atoms with van der Waals surface area (Å²) in [6.07, 6.45) is 4.75. The number of rotatable bonds is 3. The molecule has 19 heavy (non-hydrogen) atoms. The largest absolute Gasteiger partial charge is 0.466 e. The van der Waals surface area contributed by atoms with Gasteiger partial charge in [0.15, 0.2) is 11.5 Å². The zero-order chi connectivity index (χ0) is 13.7. The van der Waals surface area contributed by atoms with Crippen LogP contribution in [-0.2, 0) is 9.53 Å². The van der Waals surface area contributed by atoms with Crippen LogP contribution in [0, 0.1) is 17.2 Å². The summed E-state index contributed by atoms with van der Waals surface area (Å²) in [5.74, 6) is 0.232. The molecule has 0 aromatic carbocycles. The summed E-state index contributed by atoms with van der Waals surface area (Å²) in [5, 5.41) is 9.04. The molecule has 0 amide bonds. The van der Waals surface area contributed by atoms with E-state index in [4.69, 9.17) is 10.00 Å². The minimum atomic E-state index is -0.172. The van der Waals surface area contributed by atoms with Crippen molar-refractivity contribution < 1.29 is 9.53 Å². The molecule has 0 N–H and O–H groups in total. The van der Waals surface area contributed by atoms with E-state index in [0.29, 0.717) is 24.7 Å². The van der Waals surface area contributed by atoms with Gasteiger partial charge in [-0.1, -0.05) is 0 Å². The number of esters is 1. The molecular weight excluding hydrogens is 244 g/mol. The molecule has 2 rings (SSSR count). The van der Waals surface area contributed by atoms with E-state index in [9.17, 15) is 4.79 Å². The summed E-state index contributed by atoms with van der Waals surface area (Å²) in [4.78, 5) is 21.9. The van der Waals surface area contributed by atoms with E-state index in [1.807, 2.05) is 11.0 Å². The summed E-state index contributed by atoms with van der Waals surface area (Å²) in [7, 11) is 0. The van der Waals surface area contributed by atoms with Crippen molar-refractivity contribution >= 4 is 11.8 Å². The standard InChI is InChI=1S/C13H16N4O2/c1-2-19-13(18)10-4-3-7-17(9-10)12-11(8-14)15-5-6-16-12/h5-6,10H,2-4,7,9H2,1H3. The van der Waals surface area contributed by atoms with Gasteiger partial charge in [0.2, 0.25) is 0 Å². The summed E-state index contributed by atoms with van der Waals surface area (Å²) in [6, 6.07) is 2.03. The molecule has 0 spiro atoms. The molecule has 1 unspecified atom stereocenters. The Kier molecular flexibility index (Phi) is 4.29. The molecule has 1 fully saturated rings. The van der Waals surface area contributed by atoms with Crippen LogP contribution in [0.25, 0.3) is 0 Å². The highest BCUT2D eigenvalue weighted by molar-refractivity contribution is 5.73. The van der Waals surface area contributed by atoms with Crippen molar-refractivity contribution in [1.82, 2.24) is 9.97 Å². The Morgan fingerprint density at radius 1 is 1.58 bits per heavy atom. The van der Waals surface area contributed by atoms with Crippen LogP contribution in [-0.4, -0.2) is 35.6 Å². The van der Waals surface area contributed by atoms with Crippen LogP contribution < -0.4 is 4.90 Å². The zero-order valence-corrected chi connectivity index (χ0v) is 10.9. The lowest BCUT2D eigenvalue weighted by Crippen LogP contribution is -2.40.